The molecule has 2 heterocycles. The molecule has 1 aliphatic heterocycles. The fraction of sp³-hybridized carbons (Fsp3) is 0.833. The van der Waals surface area contributed by atoms with Gasteiger partial charge in [-0.05, 0) is 19.3 Å². The molecule has 0 aromatic carbocycles. The first-order valence-electron chi connectivity index (χ1n) is 6.26. The van der Waals surface area contributed by atoms with Crippen LogP contribution in [0.3, 0.4) is 0 Å². The molecule has 0 spiro atoms. The Hall–Kier alpha value is -0.520. The smallest absolute Gasteiger partial charge is 0.131 e. The topological polar surface area (TPSA) is 38.2 Å². The van der Waals surface area contributed by atoms with E-state index >= 15 is 0 Å². The van der Waals surface area contributed by atoms with Crippen molar-refractivity contribution >= 4 is 11.3 Å². The molecule has 1 aromatic rings. The van der Waals surface area contributed by atoms with Crippen LogP contribution in [0.25, 0.3) is 0 Å². The van der Waals surface area contributed by atoms with Gasteiger partial charge in [0.25, 0.3) is 0 Å². The van der Waals surface area contributed by atoms with Gasteiger partial charge in [0.1, 0.15) is 10.0 Å². The lowest BCUT2D eigenvalue weighted by Crippen LogP contribution is -2.42. The Morgan fingerprint density at radius 1 is 1.47 bits per heavy atom. The van der Waals surface area contributed by atoms with E-state index in [9.17, 15) is 0 Å². The van der Waals surface area contributed by atoms with Gasteiger partial charge in [0, 0.05) is 13.1 Å². The van der Waals surface area contributed by atoms with Crippen LogP contribution in [0.15, 0.2) is 0 Å². The number of aromatic nitrogens is 2. The number of rotatable bonds is 4. The lowest BCUT2D eigenvalue weighted by Gasteiger charge is -2.33. The lowest BCUT2D eigenvalue weighted by atomic mass is 10.0. The van der Waals surface area contributed by atoms with E-state index in [1.807, 2.05) is 6.92 Å². The molecule has 0 radical (unpaired) electrons. The summed E-state index contributed by atoms with van der Waals surface area (Å²) in [5, 5.41) is 10.4. The van der Waals surface area contributed by atoms with Crippen molar-refractivity contribution in [3.05, 3.63) is 10.0 Å². The molecular formula is C12H21N3OS. The fourth-order valence-corrected chi connectivity index (χ4v) is 2.94. The third-order valence-electron chi connectivity index (χ3n) is 2.88. The van der Waals surface area contributed by atoms with Crippen LogP contribution in [0, 0.1) is 12.8 Å². The van der Waals surface area contributed by atoms with Gasteiger partial charge in [-0.2, -0.15) is 0 Å². The Morgan fingerprint density at radius 3 is 2.94 bits per heavy atom. The van der Waals surface area contributed by atoms with E-state index in [0.717, 1.165) is 42.7 Å². The summed E-state index contributed by atoms with van der Waals surface area (Å²) in [5.41, 5.74) is 0. The van der Waals surface area contributed by atoms with Gasteiger partial charge in [-0.15, -0.1) is 21.5 Å². The second-order valence-corrected chi connectivity index (χ2v) is 6.34. The Morgan fingerprint density at radius 2 is 2.29 bits per heavy atom. The van der Waals surface area contributed by atoms with Crippen LogP contribution in [-0.2, 0) is 11.3 Å². The van der Waals surface area contributed by atoms with E-state index in [4.69, 9.17) is 4.74 Å². The number of ether oxygens (including phenoxy) is 1. The minimum absolute atomic E-state index is 0.387. The van der Waals surface area contributed by atoms with Crippen LogP contribution in [0.2, 0.25) is 0 Å². The molecule has 0 saturated carbocycles. The predicted octanol–water partition coefficient (Wildman–Crippen LogP) is 2.09. The molecule has 1 aliphatic rings. The van der Waals surface area contributed by atoms with Crippen LogP contribution >= 0.6 is 11.3 Å². The van der Waals surface area contributed by atoms with Gasteiger partial charge in [0.05, 0.1) is 19.3 Å². The molecule has 1 aromatic heterocycles. The molecule has 4 nitrogen and oxygen atoms in total. The van der Waals surface area contributed by atoms with Crippen molar-refractivity contribution in [3.8, 4) is 0 Å². The molecule has 17 heavy (non-hydrogen) atoms. The third-order valence-corrected chi connectivity index (χ3v) is 3.71. The van der Waals surface area contributed by atoms with Gasteiger partial charge in [-0.1, -0.05) is 13.8 Å². The van der Waals surface area contributed by atoms with Crippen molar-refractivity contribution < 1.29 is 4.74 Å². The van der Waals surface area contributed by atoms with E-state index in [1.165, 1.54) is 0 Å². The normalized spacial score (nSPS) is 22.2. The Balaban J connectivity index is 1.85. The largest absolute Gasteiger partial charge is 0.376 e. The first kappa shape index (κ1) is 12.9. The Kier molecular flexibility index (Phi) is 4.48. The summed E-state index contributed by atoms with van der Waals surface area (Å²) in [4.78, 5) is 2.43. The zero-order valence-corrected chi connectivity index (χ0v) is 11.7. The first-order valence-corrected chi connectivity index (χ1v) is 7.08. The number of hydrogen-bond acceptors (Lipinski definition) is 5. The molecule has 5 heteroatoms. The highest BCUT2D eigenvalue weighted by Crippen LogP contribution is 2.17. The predicted molar refractivity (Wildman–Crippen MR) is 69.1 cm³/mol. The van der Waals surface area contributed by atoms with Crippen molar-refractivity contribution in [2.24, 2.45) is 5.92 Å². The average Bonchev–Trinajstić information content (AvgIpc) is 2.63. The zero-order chi connectivity index (χ0) is 12.3. The summed E-state index contributed by atoms with van der Waals surface area (Å²) < 4.78 is 5.79. The maximum absolute atomic E-state index is 5.79. The summed E-state index contributed by atoms with van der Waals surface area (Å²) in [5.74, 6) is 0.698. The molecule has 1 atom stereocenters. The van der Waals surface area contributed by atoms with E-state index in [1.54, 1.807) is 11.3 Å². The monoisotopic (exact) mass is 255 g/mol. The van der Waals surface area contributed by atoms with Gasteiger partial charge in [-0.25, -0.2) is 0 Å². The standard InChI is InChI=1S/C12H21N3OS/c1-9(2)6-11-7-15(4-5-16-11)8-12-14-13-10(3)17-12/h9,11H,4-8H2,1-3H3/t11-/m1/s1. The van der Waals surface area contributed by atoms with Crippen LogP contribution in [-0.4, -0.2) is 40.9 Å². The number of nitrogens with zero attached hydrogens (tertiary/aromatic N) is 3. The van der Waals surface area contributed by atoms with Crippen molar-refractivity contribution in [3.63, 3.8) is 0 Å². The highest BCUT2D eigenvalue weighted by atomic mass is 32.1. The lowest BCUT2D eigenvalue weighted by molar-refractivity contribution is -0.0400. The van der Waals surface area contributed by atoms with Crippen LogP contribution in [0.5, 0.6) is 0 Å². The van der Waals surface area contributed by atoms with Crippen LogP contribution < -0.4 is 0 Å². The molecule has 96 valence electrons. The van der Waals surface area contributed by atoms with Crippen molar-refractivity contribution in [2.75, 3.05) is 19.7 Å². The van der Waals surface area contributed by atoms with E-state index in [0.29, 0.717) is 12.0 Å². The SMILES string of the molecule is Cc1nnc(CN2CCO[C@H](CC(C)C)C2)s1. The Labute approximate surface area is 107 Å². The van der Waals surface area contributed by atoms with Gasteiger partial charge >= 0.3 is 0 Å². The maximum atomic E-state index is 5.79. The number of morpholine rings is 1. The molecule has 0 aliphatic carbocycles. The molecule has 0 N–H and O–H groups in total. The van der Waals surface area contributed by atoms with Gasteiger partial charge < -0.3 is 4.74 Å². The second-order valence-electron chi connectivity index (χ2n) is 5.07. The van der Waals surface area contributed by atoms with Gasteiger partial charge in [0.2, 0.25) is 0 Å². The highest BCUT2D eigenvalue weighted by Gasteiger charge is 2.22. The van der Waals surface area contributed by atoms with Crippen molar-refractivity contribution in [1.29, 1.82) is 0 Å². The zero-order valence-electron chi connectivity index (χ0n) is 10.8. The van der Waals surface area contributed by atoms with Gasteiger partial charge in [0.15, 0.2) is 0 Å². The summed E-state index contributed by atoms with van der Waals surface area (Å²) in [6.45, 7) is 10.3. The number of hydrogen-bond donors (Lipinski definition) is 0. The fourth-order valence-electron chi connectivity index (χ4n) is 2.19. The van der Waals surface area contributed by atoms with E-state index in [2.05, 4.69) is 28.9 Å². The van der Waals surface area contributed by atoms with Crippen molar-refractivity contribution in [2.45, 2.75) is 39.8 Å². The highest BCUT2D eigenvalue weighted by molar-refractivity contribution is 7.11. The minimum Gasteiger partial charge on any atom is -0.376 e. The Bertz CT molecular complexity index is 353. The molecule has 2 rings (SSSR count). The molecule has 1 fully saturated rings. The molecule has 0 bridgehead atoms. The second kappa shape index (κ2) is 5.89. The summed E-state index contributed by atoms with van der Waals surface area (Å²) in [6, 6.07) is 0. The molecule has 1 saturated heterocycles. The summed E-state index contributed by atoms with van der Waals surface area (Å²) in [7, 11) is 0. The first-order chi connectivity index (χ1) is 8.13. The van der Waals surface area contributed by atoms with E-state index < -0.39 is 0 Å². The quantitative estimate of drug-likeness (QED) is 0.826. The van der Waals surface area contributed by atoms with E-state index in [-0.39, 0.29) is 0 Å². The molecule has 0 unspecified atom stereocenters. The average molecular weight is 255 g/mol. The molecule has 0 amide bonds. The van der Waals surface area contributed by atoms with Crippen molar-refractivity contribution in [1.82, 2.24) is 15.1 Å². The minimum atomic E-state index is 0.387. The summed E-state index contributed by atoms with van der Waals surface area (Å²) >= 11 is 1.69. The van der Waals surface area contributed by atoms with Crippen LogP contribution in [0.4, 0.5) is 0 Å². The van der Waals surface area contributed by atoms with Crippen LogP contribution in [0.1, 0.15) is 30.3 Å². The van der Waals surface area contributed by atoms with Gasteiger partial charge in [-0.3, -0.25) is 4.90 Å². The maximum Gasteiger partial charge on any atom is 0.131 e. The number of aryl methyl sites for hydroxylation is 1. The molecular weight excluding hydrogens is 234 g/mol. The summed E-state index contributed by atoms with van der Waals surface area (Å²) in [6.07, 6.45) is 1.53. The third kappa shape index (κ3) is 4.01.